The summed E-state index contributed by atoms with van der Waals surface area (Å²) >= 11 is 13.2. The van der Waals surface area contributed by atoms with Crippen molar-refractivity contribution in [1.82, 2.24) is 30.0 Å². The third-order valence-corrected chi connectivity index (χ3v) is 12.1. The molecule has 1 saturated heterocycles. The highest BCUT2D eigenvalue weighted by molar-refractivity contribution is 6.36. The summed E-state index contributed by atoms with van der Waals surface area (Å²) in [5, 5.41) is 6.50. The zero-order valence-corrected chi connectivity index (χ0v) is 35.7. The molecule has 4 aromatic rings. The molecule has 1 aliphatic heterocycles. The normalized spacial score (nSPS) is 15.3. The van der Waals surface area contributed by atoms with Crippen molar-refractivity contribution in [2.75, 3.05) is 66.5 Å². The number of pyridine rings is 2. The number of hydrogen-bond acceptors (Lipinski definition) is 7. The first-order valence-electron chi connectivity index (χ1n) is 21.0. The number of benzene rings is 2. The van der Waals surface area contributed by atoms with Crippen molar-refractivity contribution >= 4 is 56.8 Å². The molecular weight excluding hydrogens is 741 g/mol. The van der Waals surface area contributed by atoms with Crippen LogP contribution in [0.3, 0.4) is 0 Å². The average molecular weight is 805 g/mol. The molecule has 0 unspecified atom stereocenters. The second kappa shape index (κ2) is 22.0. The van der Waals surface area contributed by atoms with E-state index in [2.05, 4.69) is 24.1 Å². The molecule has 304 valence electrons. The Kier molecular flexibility index (Phi) is 17.2. The highest BCUT2D eigenvalue weighted by Gasteiger charge is 2.21. The minimum atomic E-state index is -0.0654. The molecule has 3 N–H and O–H groups in total. The summed E-state index contributed by atoms with van der Waals surface area (Å²) < 4.78 is 0. The third kappa shape index (κ3) is 11.6. The highest BCUT2D eigenvalue weighted by atomic mass is 35.5. The van der Waals surface area contributed by atoms with Gasteiger partial charge in [-0.3, -0.25) is 19.6 Å². The van der Waals surface area contributed by atoms with E-state index in [1.165, 1.54) is 43.2 Å². The molecule has 9 nitrogen and oxygen atoms in total. The Labute approximate surface area is 344 Å². The number of fused-ring (bicyclic) bond motifs is 4. The lowest BCUT2D eigenvalue weighted by Crippen LogP contribution is -2.31. The van der Waals surface area contributed by atoms with Crippen LogP contribution in [0.2, 0.25) is 10.0 Å². The van der Waals surface area contributed by atoms with E-state index < -0.39 is 0 Å². The van der Waals surface area contributed by atoms with Crippen molar-refractivity contribution in [1.29, 1.82) is 0 Å². The van der Waals surface area contributed by atoms with Gasteiger partial charge in [-0.25, -0.2) is 0 Å². The van der Waals surface area contributed by atoms with Gasteiger partial charge in [0.15, 0.2) is 0 Å². The van der Waals surface area contributed by atoms with Crippen molar-refractivity contribution in [2.24, 2.45) is 5.73 Å². The Hall–Kier alpha value is -3.34. The summed E-state index contributed by atoms with van der Waals surface area (Å²) in [7, 11) is 3.97. The Bertz CT molecular complexity index is 1920. The van der Waals surface area contributed by atoms with E-state index in [4.69, 9.17) is 38.9 Å². The topological polar surface area (TPSA) is 108 Å². The predicted octanol–water partition coefficient (Wildman–Crippen LogP) is 8.52. The minimum absolute atomic E-state index is 0.0654. The maximum Gasteiger partial charge on any atom is 0.253 e. The number of rotatable bonds is 10. The molecule has 2 aromatic heterocycles. The van der Waals surface area contributed by atoms with Crippen LogP contribution < -0.4 is 11.1 Å². The van der Waals surface area contributed by atoms with Gasteiger partial charge in [0, 0.05) is 59.5 Å². The number of carbonyl (C=O) groups is 2. The summed E-state index contributed by atoms with van der Waals surface area (Å²) in [6.45, 7) is 11.8. The summed E-state index contributed by atoms with van der Waals surface area (Å²) in [6, 6.07) is 11.4. The van der Waals surface area contributed by atoms with Crippen LogP contribution in [0.1, 0.15) is 115 Å². The van der Waals surface area contributed by atoms with Crippen LogP contribution in [0.15, 0.2) is 36.4 Å². The van der Waals surface area contributed by atoms with Gasteiger partial charge in [-0.2, -0.15) is 0 Å². The van der Waals surface area contributed by atoms with Crippen LogP contribution >= 0.6 is 23.2 Å². The molecule has 3 aliphatic rings. The van der Waals surface area contributed by atoms with Crippen molar-refractivity contribution in [3.63, 3.8) is 0 Å². The van der Waals surface area contributed by atoms with Crippen LogP contribution in [0.25, 0.3) is 21.8 Å². The van der Waals surface area contributed by atoms with Gasteiger partial charge in [-0.1, -0.05) is 62.0 Å². The van der Waals surface area contributed by atoms with Crippen LogP contribution in [0.5, 0.6) is 0 Å². The summed E-state index contributed by atoms with van der Waals surface area (Å²) in [5.74, 6) is 0.0684. The summed E-state index contributed by atoms with van der Waals surface area (Å²) in [6.07, 6.45) is 14.5. The molecule has 56 heavy (non-hydrogen) atoms. The van der Waals surface area contributed by atoms with E-state index in [0.29, 0.717) is 12.1 Å². The fraction of sp³-hybridized carbons (Fsp3) is 0.556. The first kappa shape index (κ1) is 43.8. The van der Waals surface area contributed by atoms with Crippen molar-refractivity contribution < 1.29 is 9.59 Å². The molecule has 3 heterocycles. The SMILES string of the molecule is CCN(CC)CCCN.CN(C)CCNC(=O)c1ccc2c(Cl)c3c(nc2c1)CCCC3.O=C(c1ccc2c(Cl)c3c(nc2c1)CCCC3)N1CCCCCC1. The van der Waals surface area contributed by atoms with Crippen LogP contribution in [-0.2, 0) is 25.7 Å². The Morgan fingerprint density at radius 1 is 0.732 bits per heavy atom. The van der Waals surface area contributed by atoms with Gasteiger partial charge in [-0.05, 0) is 146 Å². The monoisotopic (exact) mass is 803 g/mol. The number of aromatic nitrogens is 2. The van der Waals surface area contributed by atoms with E-state index in [1.807, 2.05) is 60.3 Å². The molecule has 2 aromatic carbocycles. The van der Waals surface area contributed by atoms with Crippen LogP contribution in [0, 0.1) is 0 Å². The van der Waals surface area contributed by atoms with Gasteiger partial charge in [-0.15, -0.1) is 0 Å². The maximum atomic E-state index is 12.8. The van der Waals surface area contributed by atoms with Gasteiger partial charge in [0.2, 0.25) is 0 Å². The van der Waals surface area contributed by atoms with Crippen molar-refractivity contribution in [2.45, 2.75) is 97.3 Å². The number of amides is 2. The second-order valence-electron chi connectivity index (χ2n) is 15.5. The van der Waals surface area contributed by atoms with Crippen LogP contribution in [0.4, 0.5) is 0 Å². The Morgan fingerprint density at radius 3 is 1.77 bits per heavy atom. The summed E-state index contributed by atoms with van der Waals surface area (Å²) in [4.78, 5) is 41.1. The maximum absolute atomic E-state index is 12.8. The molecule has 0 saturated carbocycles. The fourth-order valence-corrected chi connectivity index (χ4v) is 8.54. The molecule has 0 bridgehead atoms. The summed E-state index contributed by atoms with van der Waals surface area (Å²) in [5.41, 5.74) is 13.0. The Balaban J connectivity index is 0.000000177. The van der Waals surface area contributed by atoms with E-state index in [0.717, 1.165) is 146 Å². The van der Waals surface area contributed by atoms with Gasteiger partial charge >= 0.3 is 0 Å². The van der Waals surface area contributed by atoms with E-state index in [9.17, 15) is 9.59 Å². The molecule has 7 rings (SSSR count). The first-order valence-corrected chi connectivity index (χ1v) is 21.8. The van der Waals surface area contributed by atoms with E-state index in [-0.39, 0.29) is 11.8 Å². The molecule has 0 spiro atoms. The number of aryl methyl sites for hydroxylation is 2. The van der Waals surface area contributed by atoms with Crippen LogP contribution in [-0.4, -0.2) is 103 Å². The molecule has 2 amide bonds. The van der Waals surface area contributed by atoms with Crippen molar-refractivity contribution in [3.05, 3.63) is 80.1 Å². The molecular formula is C45H63Cl2N7O2. The van der Waals surface area contributed by atoms with Gasteiger partial charge in [0.1, 0.15) is 0 Å². The average Bonchev–Trinajstić information content (AvgIpc) is 3.51. The number of hydrogen-bond donors (Lipinski definition) is 2. The lowest BCUT2D eigenvalue weighted by Gasteiger charge is -2.21. The lowest BCUT2D eigenvalue weighted by atomic mass is 9.94. The van der Waals surface area contributed by atoms with Gasteiger partial charge in [0.05, 0.1) is 21.1 Å². The first-order chi connectivity index (χ1) is 27.1. The largest absolute Gasteiger partial charge is 0.351 e. The number of nitrogens with two attached hydrogens (primary N) is 1. The molecule has 11 heteroatoms. The minimum Gasteiger partial charge on any atom is -0.351 e. The fourth-order valence-electron chi connectivity index (χ4n) is 7.81. The van der Waals surface area contributed by atoms with E-state index >= 15 is 0 Å². The second-order valence-corrected chi connectivity index (χ2v) is 16.3. The standard InChI is InChI=1S/C20H23ClN2O.C18H22ClN3O.C7H18N2/c21-19-15-7-3-4-8-17(15)22-18-13-14(9-10-16(18)19)20(24)23-11-5-1-2-6-12-23;1-22(2)10-9-20-18(23)12-7-8-14-16(11-12)21-15-6-4-3-5-13(15)17(14)19;1-3-9(4-2)7-5-6-8/h9-10,13H,1-8,11-12H2;7-8,11H,3-6,9-10H2,1-2H3,(H,20,23);3-8H2,1-2H3. The number of nitrogens with zero attached hydrogens (tertiary/aromatic N) is 5. The van der Waals surface area contributed by atoms with Gasteiger partial charge in [0.25, 0.3) is 11.8 Å². The number of carbonyl (C=O) groups excluding carboxylic acids is 2. The van der Waals surface area contributed by atoms with E-state index in [1.54, 1.807) is 0 Å². The number of nitrogens with one attached hydrogen (secondary N) is 1. The smallest absolute Gasteiger partial charge is 0.253 e. The Morgan fingerprint density at radius 2 is 1.25 bits per heavy atom. The van der Waals surface area contributed by atoms with Crippen molar-refractivity contribution in [3.8, 4) is 0 Å². The number of likely N-dealkylation sites (N-methyl/N-ethyl adjacent to an activating group) is 1. The lowest BCUT2D eigenvalue weighted by molar-refractivity contribution is 0.0761. The molecule has 0 radical (unpaired) electrons. The molecule has 1 fully saturated rings. The zero-order chi connectivity index (χ0) is 40.0. The molecule has 0 atom stereocenters. The number of likely N-dealkylation sites (tertiary alicyclic amines) is 1. The quantitative estimate of drug-likeness (QED) is 0.166. The molecule has 2 aliphatic carbocycles. The van der Waals surface area contributed by atoms with Gasteiger partial charge < -0.3 is 25.8 Å². The predicted molar refractivity (Wildman–Crippen MR) is 234 cm³/mol. The number of halogens is 2. The highest BCUT2D eigenvalue weighted by Crippen LogP contribution is 2.34. The zero-order valence-electron chi connectivity index (χ0n) is 34.2. The third-order valence-electron chi connectivity index (χ3n) is 11.2.